The van der Waals surface area contributed by atoms with Gasteiger partial charge in [-0.25, -0.2) is 9.37 Å². The third kappa shape index (κ3) is 2.22. The molecule has 0 bridgehead atoms. The Hall–Kier alpha value is -1.01. The first kappa shape index (κ1) is 11.5. The van der Waals surface area contributed by atoms with Gasteiger partial charge in [0.1, 0.15) is 9.80 Å². The molecule has 0 radical (unpaired) electrons. The van der Waals surface area contributed by atoms with E-state index in [0.717, 1.165) is 0 Å². The number of aliphatic hydroxyl groups excluding tert-OH is 1. The van der Waals surface area contributed by atoms with Gasteiger partial charge in [0.15, 0.2) is 5.82 Å². The molecule has 1 N–H and O–H groups in total. The van der Waals surface area contributed by atoms with Crippen LogP contribution in [0, 0.1) is 9.52 Å². The smallest absolute Gasteiger partial charge is 0.161 e. The van der Waals surface area contributed by atoms with Crippen molar-refractivity contribution in [1.29, 1.82) is 0 Å². The van der Waals surface area contributed by atoms with E-state index in [1.54, 1.807) is 34.7 Å². The summed E-state index contributed by atoms with van der Waals surface area (Å²) in [5.74, 6) is -0.459. The quantitative estimate of drug-likeness (QED) is 0.679. The average molecular weight is 329 g/mol. The summed E-state index contributed by atoms with van der Waals surface area (Å²) < 4.78 is 14.0. The van der Waals surface area contributed by atoms with Gasteiger partial charge in [0, 0.05) is 11.8 Å². The lowest BCUT2D eigenvalue weighted by atomic mass is 10.0. The molecule has 0 saturated heterocycles. The van der Waals surface area contributed by atoms with Gasteiger partial charge in [-0.05, 0) is 34.2 Å². The normalized spacial score (nSPS) is 12.4. The summed E-state index contributed by atoms with van der Waals surface area (Å²) in [5, 5.41) is 10.0. The van der Waals surface area contributed by atoms with Crippen molar-refractivity contribution in [1.82, 2.24) is 4.98 Å². The Morgan fingerprint density at radius 3 is 2.56 bits per heavy atom. The molecule has 0 spiro atoms. The van der Waals surface area contributed by atoms with E-state index in [1.165, 1.54) is 12.3 Å². The fraction of sp³-hybridized carbons (Fsp3) is 0.0833. The highest BCUT2D eigenvalue weighted by atomic mass is 127. The first-order valence-electron chi connectivity index (χ1n) is 4.73. The van der Waals surface area contributed by atoms with E-state index in [4.69, 9.17) is 0 Å². The first-order valence-corrected chi connectivity index (χ1v) is 5.81. The molecule has 16 heavy (non-hydrogen) atoms. The lowest BCUT2D eigenvalue weighted by Crippen LogP contribution is -2.04. The van der Waals surface area contributed by atoms with Gasteiger partial charge < -0.3 is 5.11 Å². The summed E-state index contributed by atoms with van der Waals surface area (Å²) in [6.45, 7) is 0. The summed E-state index contributed by atoms with van der Waals surface area (Å²) in [6, 6.07) is 10.5. The monoisotopic (exact) mass is 329 g/mol. The van der Waals surface area contributed by atoms with E-state index in [0.29, 0.717) is 5.56 Å². The summed E-state index contributed by atoms with van der Waals surface area (Å²) >= 11 is 1.81. The largest absolute Gasteiger partial charge is 0.384 e. The molecule has 0 aliphatic carbocycles. The van der Waals surface area contributed by atoms with Gasteiger partial charge in [-0.15, -0.1) is 0 Å². The highest BCUT2D eigenvalue weighted by Gasteiger charge is 2.16. The molecule has 0 fully saturated rings. The maximum Gasteiger partial charge on any atom is 0.161 e. The van der Waals surface area contributed by atoms with Crippen molar-refractivity contribution in [3.63, 3.8) is 0 Å². The fourth-order valence-corrected chi connectivity index (χ4v) is 1.93. The molecule has 1 unspecified atom stereocenters. The second kappa shape index (κ2) is 4.88. The molecule has 2 aromatic rings. The number of aliphatic hydroxyl groups is 1. The second-order valence-corrected chi connectivity index (χ2v) is 4.34. The van der Waals surface area contributed by atoms with Crippen LogP contribution in [0.1, 0.15) is 17.2 Å². The van der Waals surface area contributed by atoms with E-state index in [1.807, 2.05) is 18.2 Å². The number of nitrogens with zero attached hydrogens (tertiary/aromatic N) is 1. The molecule has 82 valence electrons. The number of hydrogen-bond donors (Lipinski definition) is 1. The van der Waals surface area contributed by atoms with Crippen LogP contribution in [0.2, 0.25) is 0 Å². The van der Waals surface area contributed by atoms with Crippen LogP contribution in [0.3, 0.4) is 0 Å². The molecule has 4 heteroatoms. The van der Waals surface area contributed by atoms with Gasteiger partial charge >= 0.3 is 0 Å². The third-order valence-electron chi connectivity index (χ3n) is 2.29. The maximum atomic E-state index is 13.7. The molecule has 1 heterocycles. The number of hydrogen-bond acceptors (Lipinski definition) is 2. The van der Waals surface area contributed by atoms with Gasteiger partial charge in [-0.3, -0.25) is 0 Å². The molecule has 1 aromatic carbocycles. The van der Waals surface area contributed by atoms with Crippen molar-refractivity contribution in [3.8, 4) is 0 Å². The molecule has 2 nitrogen and oxygen atoms in total. The number of rotatable bonds is 2. The van der Waals surface area contributed by atoms with Crippen LogP contribution in [0.15, 0.2) is 42.6 Å². The lowest BCUT2D eigenvalue weighted by Gasteiger charge is -2.12. The van der Waals surface area contributed by atoms with Crippen molar-refractivity contribution in [2.24, 2.45) is 0 Å². The Morgan fingerprint density at radius 2 is 1.88 bits per heavy atom. The fourth-order valence-electron chi connectivity index (χ4n) is 1.46. The Bertz CT molecular complexity index is 490. The minimum atomic E-state index is -0.947. The van der Waals surface area contributed by atoms with Crippen LogP contribution in [-0.4, -0.2) is 10.1 Å². The second-order valence-electron chi connectivity index (χ2n) is 3.32. The lowest BCUT2D eigenvalue weighted by molar-refractivity contribution is 0.214. The van der Waals surface area contributed by atoms with Crippen molar-refractivity contribution < 1.29 is 9.50 Å². The van der Waals surface area contributed by atoms with E-state index in [-0.39, 0.29) is 9.26 Å². The van der Waals surface area contributed by atoms with E-state index in [9.17, 15) is 9.50 Å². The highest BCUT2D eigenvalue weighted by Crippen LogP contribution is 2.25. The number of aromatic nitrogens is 1. The van der Waals surface area contributed by atoms with Crippen LogP contribution in [0.25, 0.3) is 0 Å². The maximum absolute atomic E-state index is 13.7. The minimum absolute atomic E-state index is 0.255. The van der Waals surface area contributed by atoms with E-state index < -0.39 is 11.9 Å². The Balaban J connectivity index is 2.42. The zero-order chi connectivity index (χ0) is 11.5. The predicted octanol–water partition coefficient (Wildman–Crippen LogP) is 2.91. The topological polar surface area (TPSA) is 33.1 Å². The Labute approximate surface area is 106 Å². The number of benzene rings is 1. The number of halogens is 2. The number of pyridine rings is 1. The van der Waals surface area contributed by atoms with Gasteiger partial charge in [-0.2, -0.15) is 0 Å². The Morgan fingerprint density at radius 1 is 1.19 bits per heavy atom. The highest BCUT2D eigenvalue weighted by molar-refractivity contribution is 14.1. The van der Waals surface area contributed by atoms with Crippen LogP contribution in [-0.2, 0) is 0 Å². The van der Waals surface area contributed by atoms with Crippen LogP contribution >= 0.6 is 22.6 Å². The van der Waals surface area contributed by atoms with E-state index in [2.05, 4.69) is 4.98 Å². The van der Waals surface area contributed by atoms with Crippen LogP contribution in [0.4, 0.5) is 4.39 Å². The molecular weight excluding hydrogens is 320 g/mol. The van der Waals surface area contributed by atoms with Crippen LogP contribution < -0.4 is 0 Å². The van der Waals surface area contributed by atoms with Crippen molar-refractivity contribution in [2.75, 3.05) is 0 Å². The van der Waals surface area contributed by atoms with Gasteiger partial charge in [0.25, 0.3) is 0 Å². The molecule has 0 amide bonds. The summed E-state index contributed by atoms with van der Waals surface area (Å²) in [7, 11) is 0. The molecule has 0 saturated carbocycles. The Kier molecular flexibility index (Phi) is 3.50. The predicted molar refractivity (Wildman–Crippen MR) is 67.4 cm³/mol. The molecule has 0 aliphatic rings. The summed E-state index contributed by atoms with van der Waals surface area (Å²) in [4.78, 5) is 3.82. The standard InChI is InChI=1S/C12H9FINO/c13-10-9(6-7-15-12(10)14)11(16)8-4-2-1-3-5-8/h1-7,11,16H. The van der Waals surface area contributed by atoms with Gasteiger partial charge in [0.05, 0.1) is 0 Å². The zero-order valence-corrected chi connectivity index (χ0v) is 10.4. The zero-order valence-electron chi connectivity index (χ0n) is 8.27. The molecular formula is C12H9FINO. The van der Waals surface area contributed by atoms with Crippen molar-refractivity contribution in [3.05, 3.63) is 63.2 Å². The SMILES string of the molecule is OC(c1ccccc1)c1ccnc(I)c1F. The average Bonchev–Trinajstić information content (AvgIpc) is 2.33. The third-order valence-corrected chi connectivity index (χ3v) is 3.04. The molecule has 0 aliphatic heterocycles. The first-order chi connectivity index (χ1) is 7.70. The van der Waals surface area contributed by atoms with Crippen LogP contribution in [0.5, 0.6) is 0 Å². The van der Waals surface area contributed by atoms with Crippen molar-refractivity contribution in [2.45, 2.75) is 6.10 Å². The van der Waals surface area contributed by atoms with Crippen molar-refractivity contribution >= 4 is 22.6 Å². The van der Waals surface area contributed by atoms with Gasteiger partial charge in [0.2, 0.25) is 0 Å². The molecule has 1 aromatic heterocycles. The van der Waals surface area contributed by atoms with E-state index >= 15 is 0 Å². The molecule has 2 rings (SSSR count). The summed E-state index contributed by atoms with van der Waals surface area (Å²) in [5.41, 5.74) is 0.925. The van der Waals surface area contributed by atoms with Gasteiger partial charge in [-0.1, -0.05) is 30.3 Å². The molecule has 1 atom stereocenters. The summed E-state index contributed by atoms with van der Waals surface area (Å²) in [6.07, 6.45) is 0.546. The minimum Gasteiger partial charge on any atom is -0.384 e.